The molecule has 0 fully saturated rings. The van der Waals surface area contributed by atoms with Crippen LogP contribution in [0.2, 0.25) is 0 Å². The summed E-state index contributed by atoms with van der Waals surface area (Å²) < 4.78 is 30.4. The predicted octanol–water partition coefficient (Wildman–Crippen LogP) is 5.73. The molecule has 0 aromatic heterocycles. The number of nitrogens with one attached hydrogen (secondary N) is 2. The van der Waals surface area contributed by atoms with Gasteiger partial charge in [0.05, 0.1) is 0 Å². The van der Waals surface area contributed by atoms with Gasteiger partial charge in [-0.3, -0.25) is 9.44 Å². The Labute approximate surface area is 205 Å². The van der Waals surface area contributed by atoms with Gasteiger partial charge in [-0.25, -0.2) is 9.59 Å². The van der Waals surface area contributed by atoms with Crippen molar-refractivity contribution in [2.24, 2.45) is 0 Å². The van der Waals surface area contributed by atoms with Crippen LogP contribution < -0.4 is 9.44 Å². The van der Waals surface area contributed by atoms with E-state index in [9.17, 15) is 18.7 Å². The number of hydrogen-bond acceptors (Lipinski definition) is 6. The van der Waals surface area contributed by atoms with Crippen molar-refractivity contribution in [2.75, 3.05) is 61.5 Å². The van der Waals surface area contributed by atoms with E-state index in [1.807, 2.05) is 27.7 Å². The first-order chi connectivity index (χ1) is 14.1. The van der Waals surface area contributed by atoms with Crippen molar-refractivity contribution in [3.05, 3.63) is 0 Å². The molecule has 178 valence electrons. The summed E-state index contributed by atoms with van der Waals surface area (Å²) in [5.74, 6) is 0. The van der Waals surface area contributed by atoms with Crippen molar-refractivity contribution in [3.8, 4) is 0 Å². The molecule has 8 nitrogen and oxygen atoms in total. The molecule has 0 aromatic rings. The fourth-order valence-corrected chi connectivity index (χ4v) is 8.18. The highest BCUT2D eigenvalue weighted by molar-refractivity contribution is 9.09. The summed E-state index contributed by atoms with van der Waals surface area (Å²) in [5, 5.41) is 1.17. The largest absolute Gasteiger partial charge is 0.327 e. The molecule has 0 bridgehead atoms. The third kappa shape index (κ3) is 11.5. The Bertz CT molecular complexity index is 566. The van der Waals surface area contributed by atoms with Crippen LogP contribution in [-0.4, -0.2) is 83.3 Å². The highest BCUT2D eigenvalue weighted by Crippen LogP contribution is 2.56. The zero-order chi connectivity index (χ0) is 23.2. The molecule has 0 unspecified atom stereocenters. The second kappa shape index (κ2) is 16.3. The number of alkyl halides is 2. The van der Waals surface area contributed by atoms with E-state index in [1.54, 1.807) is 9.80 Å². The van der Waals surface area contributed by atoms with E-state index in [2.05, 4.69) is 41.3 Å². The summed E-state index contributed by atoms with van der Waals surface area (Å²) in [7, 11) is 0. The van der Waals surface area contributed by atoms with Crippen LogP contribution in [0.5, 0.6) is 0 Å². The van der Waals surface area contributed by atoms with Crippen molar-refractivity contribution >= 4 is 79.7 Å². The number of amides is 4. The number of carbonyl (C=O) groups is 2. The molecule has 0 atom stereocenters. The first-order valence-corrected chi connectivity index (χ1v) is 19.1. The summed E-state index contributed by atoms with van der Waals surface area (Å²) in [6.07, 6.45) is -2.84. The van der Waals surface area contributed by atoms with Crippen LogP contribution in [0.15, 0.2) is 0 Å². The molecule has 2 N–H and O–H groups in total. The van der Waals surface area contributed by atoms with E-state index >= 15 is 0 Å². The number of carbonyl (C=O) groups excluding carboxylic acids is 2. The van der Waals surface area contributed by atoms with Crippen LogP contribution in [-0.2, 0) is 9.13 Å². The Balaban J connectivity index is 4.93. The van der Waals surface area contributed by atoms with Gasteiger partial charge in [0.25, 0.3) is 0 Å². The van der Waals surface area contributed by atoms with Crippen molar-refractivity contribution in [1.29, 1.82) is 0 Å². The Hall–Kier alpha value is 0.660. The van der Waals surface area contributed by atoms with E-state index < -0.39 is 12.7 Å². The van der Waals surface area contributed by atoms with Crippen molar-refractivity contribution in [2.45, 2.75) is 27.7 Å². The molecule has 30 heavy (non-hydrogen) atoms. The number of halogens is 2. The van der Waals surface area contributed by atoms with Crippen LogP contribution in [0.4, 0.5) is 9.59 Å². The van der Waals surface area contributed by atoms with Gasteiger partial charge in [0, 0.05) is 84.6 Å². The van der Waals surface area contributed by atoms with E-state index in [1.165, 1.54) is 0 Å². The lowest BCUT2D eigenvalue weighted by atomic mass is 10.4. The molecule has 4 amide bonds. The molecule has 14 heteroatoms. The Morgan fingerprint density at radius 1 is 0.700 bits per heavy atom. The number of urea groups is 2. The lowest BCUT2D eigenvalue weighted by molar-refractivity contribution is 0.186. The molecule has 0 radical (unpaired) electrons. The number of rotatable bonds is 15. The zero-order valence-corrected chi connectivity index (χ0v) is 24.7. The van der Waals surface area contributed by atoms with E-state index in [0.717, 1.165) is 23.1 Å². The first-order valence-electron chi connectivity index (χ1n) is 9.89. The maximum atomic E-state index is 12.6. The lowest BCUT2D eigenvalue weighted by Crippen LogP contribution is -2.46. The minimum absolute atomic E-state index is 0.323. The van der Waals surface area contributed by atoms with Crippen LogP contribution >= 0.6 is 67.7 Å². The normalized spacial score (nSPS) is 11.8. The maximum absolute atomic E-state index is 12.6. The van der Waals surface area contributed by atoms with Gasteiger partial charge in [-0.15, -0.1) is 0 Å². The Morgan fingerprint density at radius 3 is 1.23 bits per heavy atom. The van der Waals surface area contributed by atoms with Crippen LogP contribution in [0, 0.1) is 0 Å². The van der Waals surface area contributed by atoms with Crippen molar-refractivity contribution in [3.63, 3.8) is 0 Å². The van der Waals surface area contributed by atoms with Crippen LogP contribution in [0.3, 0.4) is 0 Å². The molecule has 0 saturated heterocycles. The molecule has 0 spiro atoms. The van der Waals surface area contributed by atoms with E-state index in [4.69, 9.17) is 0 Å². The minimum Gasteiger partial charge on any atom is -0.321 e. The minimum atomic E-state index is -2.45. The van der Waals surface area contributed by atoms with Gasteiger partial charge in [0.15, 0.2) is 12.7 Å². The lowest BCUT2D eigenvalue weighted by Gasteiger charge is -2.28. The highest BCUT2D eigenvalue weighted by atomic mass is 79.9. The third-order valence-corrected chi connectivity index (χ3v) is 15.9. The molecule has 0 aliphatic carbocycles. The summed E-state index contributed by atoms with van der Waals surface area (Å²) >= 11 is 8.73. The SMILES string of the molecule is CCP(=O)(CC)SNC(=O)N(CCBr)CCN(CCBr)C(=O)NSP(=O)(CC)CC. The number of nitrogens with zero attached hydrogens (tertiary/aromatic N) is 2. The zero-order valence-electron chi connectivity index (χ0n) is 18.1. The molecular weight excluding hydrogens is 598 g/mol. The van der Waals surface area contributed by atoms with Gasteiger partial charge < -0.3 is 18.9 Å². The van der Waals surface area contributed by atoms with Gasteiger partial charge in [0.1, 0.15) is 0 Å². The smallest absolute Gasteiger partial charge is 0.321 e. The fraction of sp³-hybridized carbons (Fsp3) is 0.875. The van der Waals surface area contributed by atoms with E-state index in [0.29, 0.717) is 61.5 Å². The van der Waals surface area contributed by atoms with Crippen LogP contribution in [0.1, 0.15) is 27.7 Å². The second-order valence-corrected chi connectivity index (χ2v) is 19.5. The molecule has 0 heterocycles. The predicted molar refractivity (Wildman–Crippen MR) is 140 cm³/mol. The molecule has 0 aliphatic heterocycles. The fourth-order valence-electron chi connectivity index (χ4n) is 2.15. The molecule has 0 aromatic carbocycles. The summed E-state index contributed by atoms with van der Waals surface area (Å²) in [4.78, 5) is 28.3. The number of hydrogen-bond donors (Lipinski definition) is 2. The van der Waals surface area contributed by atoms with E-state index in [-0.39, 0.29) is 12.1 Å². The van der Waals surface area contributed by atoms with Crippen LogP contribution in [0.25, 0.3) is 0 Å². The Morgan fingerprint density at radius 2 is 1.00 bits per heavy atom. The average Bonchev–Trinajstić information content (AvgIpc) is 2.77. The summed E-state index contributed by atoms with van der Waals surface area (Å²) in [6, 6.07) is -0.645. The second-order valence-electron chi connectivity index (χ2n) is 6.24. The standard InChI is InChI=1S/C16H34Br2N4O4P2S2/c1-5-27(25,6-2)29-19-15(23)21(11-9-17)13-14-22(12-10-18)16(24)20-30-28(26,7-3)8-4/h5-14H2,1-4H3,(H,19,23)(H,20,24). The van der Waals surface area contributed by atoms with Gasteiger partial charge in [-0.1, -0.05) is 59.6 Å². The average molecular weight is 632 g/mol. The highest BCUT2D eigenvalue weighted by Gasteiger charge is 2.24. The quantitative estimate of drug-likeness (QED) is 0.136. The summed E-state index contributed by atoms with van der Waals surface area (Å²) in [6.45, 7) is 8.96. The maximum Gasteiger partial charge on any atom is 0.327 e. The molecule has 0 saturated carbocycles. The topological polar surface area (TPSA) is 98.8 Å². The van der Waals surface area contributed by atoms with Gasteiger partial charge in [-0.2, -0.15) is 0 Å². The summed E-state index contributed by atoms with van der Waals surface area (Å²) in [5.41, 5.74) is 0. The first kappa shape index (κ1) is 30.7. The molecule has 0 aliphatic rings. The Kier molecular flexibility index (Phi) is 16.7. The molecule has 0 rings (SSSR count). The molecular formula is C16H34Br2N4O4P2S2. The van der Waals surface area contributed by atoms with Gasteiger partial charge in [-0.05, 0) is 0 Å². The monoisotopic (exact) mass is 630 g/mol. The van der Waals surface area contributed by atoms with Gasteiger partial charge >= 0.3 is 12.1 Å². The van der Waals surface area contributed by atoms with Crippen molar-refractivity contribution in [1.82, 2.24) is 19.2 Å². The van der Waals surface area contributed by atoms with Crippen molar-refractivity contribution < 1.29 is 18.7 Å². The third-order valence-electron chi connectivity index (χ3n) is 4.45. The van der Waals surface area contributed by atoms with Gasteiger partial charge in [0.2, 0.25) is 0 Å².